The number of aromatic nitrogens is 1. The zero-order valence-electron chi connectivity index (χ0n) is 11.2. The standard InChI is InChI=1S/C15H20N2S/c1-9-4-7-14-13(8-9)17-15(18-14)16-12-6-5-10(2)11(12)3/h4,7-8,10-12H,5-6H2,1-3H3,(H,16,17). The molecule has 18 heavy (non-hydrogen) atoms. The second kappa shape index (κ2) is 4.54. The molecule has 1 fully saturated rings. The average Bonchev–Trinajstić information content (AvgIpc) is 2.86. The van der Waals surface area contributed by atoms with Crippen molar-refractivity contribution in [1.82, 2.24) is 4.98 Å². The number of fused-ring (bicyclic) bond motifs is 1. The molecule has 2 nitrogen and oxygen atoms in total. The van der Waals surface area contributed by atoms with Crippen molar-refractivity contribution in [2.24, 2.45) is 11.8 Å². The van der Waals surface area contributed by atoms with Crippen LogP contribution < -0.4 is 5.32 Å². The van der Waals surface area contributed by atoms with Gasteiger partial charge in [-0.15, -0.1) is 0 Å². The zero-order valence-corrected chi connectivity index (χ0v) is 12.1. The quantitative estimate of drug-likeness (QED) is 0.862. The smallest absolute Gasteiger partial charge is 0.184 e. The van der Waals surface area contributed by atoms with E-state index in [1.165, 1.54) is 23.1 Å². The average molecular weight is 260 g/mol. The van der Waals surface area contributed by atoms with Crippen molar-refractivity contribution in [3.05, 3.63) is 23.8 Å². The normalized spacial score (nSPS) is 27.8. The predicted octanol–water partition coefficient (Wildman–Crippen LogP) is 4.45. The van der Waals surface area contributed by atoms with Gasteiger partial charge in [0.15, 0.2) is 5.13 Å². The molecule has 0 bridgehead atoms. The number of rotatable bonds is 2. The molecular weight excluding hydrogens is 240 g/mol. The highest BCUT2D eigenvalue weighted by Crippen LogP contribution is 2.35. The molecule has 96 valence electrons. The molecule has 0 spiro atoms. The van der Waals surface area contributed by atoms with Crippen molar-refractivity contribution in [3.63, 3.8) is 0 Å². The van der Waals surface area contributed by atoms with Crippen LogP contribution in [-0.4, -0.2) is 11.0 Å². The highest BCUT2D eigenvalue weighted by atomic mass is 32.1. The lowest BCUT2D eigenvalue weighted by atomic mass is 9.98. The lowest BCUT2D eigenvalue weighted by Crippen LogP contribution is -2.23. The number of anilines is 1. The van der Waals surface area contributed by atoms with Gasteiger partial charge in [-0.05, 0) is 49.3 Å². The molecule has 1 saturated carbocycles. The topological polar surface area (TPSA) is 24.9 Å². The van der Waals surface area contributed by atoms with Crippen LogP contribution in [0.1, 0.15) is 32.3 Å². The Labute approximate surface area is 112 Å². The van der Waals surface area contributed by atoms with Crippen molar-refractivity contribution in [2.45, 2.75) is 39.7 Å². The Kier molecular flexibility index (Phi) is 3.02. The van der Waals surface area contributed by atoms with Gasteiger partial charge in [0, 0.05) is 6.04 Å². The lowest BCUT2D eigenvalue weighted by Gasteiger charge is -2.18. The first-order valence-corrected chi connectivity index (χ1v) is 7.59. The maximum absolute atomic E-state index is 4.70. The van der Waals surface area contributed by atoms with Crippen molar-refractivity contribution < 1.29 is 0 Å². The maximum Gasteiger partial charge on any atom is 0.184 e. The summed E-state index contributed by atoms with van der Waals surface area (Å²) in [6.07, 6.45) is 2.61. The van der Waals surface area contributed by atoms with Gasteiger partial charge in [0.25, 0.3) is 0 Å². The monoisotopic (exact) mass is 260 g/mol. The summed E-state index contributed by atoms with van der Waals surface area (Å²) in [6.45, 7) is 6.83. The van der Waals surface area contributed by atoms with Crippen LogP contribution in [-0.2, 0) is 0 Å². The molecule has 1 aliphatic carbocycles. The SMILES string of the molecule is Cc1ccc2sc(NC3CCC(C)C3C)nc2c1. The fourth-order valence-corrected chi connectivity index (χ4v) is 3.73. The molecule has 1 aromatic heterocycles. The van der Waals surface area contributed by atoms with Crippen LogP contribution in [0, 0.1) is 18.8 Å². The number of benzene rings is 1. The van der Waals surface area contributed by atoms with E-state index < -0.39 is 0 Å². The van der Waals surface area contributed by atoms with E-state index in [2.05, 4.69) is 44.3 Å². The first kappa shape index (κ1) is 12.0. The van der Waals surface area contributed by atoms with Crippen molar-refractivity contribution in [1.29, 1.82) is 0 Å². The number of nitrogens with one attached hydrogen (secondary N) is 1. The highest BCUT2D eigenvalue weighted by Gasteiger charge is 2.30. The van der Waals surface area contributed by atoms with Crippen molar-refractivity contribution in [2.75, 3.05) is 5.32 Å². The van der Waals surface area contributed by atoms with E-state index in [4.69, 9.17) is 4.98 Å². The second-order valence-electron chi connectivity index (χ2n) is 5.65. The molecule has 3 atom stereocenters. The van der Waals surface area contributed by atoms with Crippen LogP contribution in [0.4, 0.5) is 5.13 Å². The third-order valence-electron chi connectivity index (χ3n) is 4.32. The minimum Gasteiger partial charge on any atom is -0.358 e. The van der Waals surface area contributed by atoms with Crippen LogP contribution >= 0.6 is 11.3 Å². The molecule has 1 aliphatic rings. The Balaban J connectivity index is 1.83. The molecule has 0 aliphatic heterocycles. The molecule has 1 heterocycles. The number of nitrogens with zero attached hydrogens (tertiary/aromatic N) is 1. The van der Waals surface area contributed by atoms with Gasteiger partial charge in [-0.2, -0.15) is 0 Å². The van der Waals surface area contributed by atoms with Crippen LogP contribution in [0.25, 0.3) is 10.2 Å². The number of hydrogen-bond acceptors (Lipinski definition) is 3. The first-order chi connectivity index (χ1) is 8.63. The van der Waals surface area contributed by atoms with Gasteiger partial charge >= 0.3 is 0 Å². The van der Waals surface area contributed by atoms with E-state index in [0.717, 1.165) is 22.5 Å². The van der Waals surface area contributed by atoms with Crippen LogP contribution in [0.15, 0.2) is 18.2 Å². The molecule has 3 heteroatoms. The third kappa shape index (κ3) is 2.12. The maximum atomic E-state index is 4.70. The van der Waals surface area contributed by atoms with Crippen molar-refractivity contribution in [3.8, 4) is 0 Å². The van der Waals surface area contributed by atoms with Gasteiger partial charge in [0.05, 0.1) is 10.2 Å². The fraction of sp³-hybridized carbons (Fsp3) is 0.533. The Morgan fingerprint density at radius 3 is 2.83 bits per heavy atom. The molecule has 0 saturated heterocycles. The predicted molar refractivity (Wildman–Crippen MR) is 79.3 cm³/mol. The number of aryl methyl sites for hydroxylation is 1. The molecule has 3 unspecified atom stereocenters. The summed E-state index contributed by atoms with van der Waals surface area (Å²) >= 11 is 1.77. The zero-order chi connectivity index (χ0) is 12.7. The van der Waals surface area contributed by atoms with Gasteiger partial charge in [-0.3, -0.25) is 0 Å². The highest BCUT2D eigenvalue weighted by molar-refractivity contribution is 7.22. The summed E-state index contributed by atoms with van der Waals surface area (Å²) in [6, 6.07) is 7.10. The third-order valence-corrected chi connectivity index (χ3v) is 5.28. The number of thiazole rings is 1. The minimum atomic E-state index is 0.599. The van der Waals surface area contributed by atoms with Crippen molar-refractivity contribution >= 4 is 26.7 Å². The molecular formula is C15H20N2S. The van der Waals surface area contributed by atoms with E-state index in [9.17, 15) is 0 Å². The molecule has 0 amide bonds. The first-order valence-electron chi connectivity index (χ1n) is 6.77. The van der Waals surface area contributed by atoms with Crippen LogP contribution in [0.5, 0.6) is 0 Å². The minimum absolute atomic E-state index is 0.599. The summed E-state index contributed by atoms with van der Waals surface area (Å²) in [5, 5.41) is 4.72. The van der Waals surface area contributed by atoms with Gasteiger partial charge in [0.1, 0.15) is 0 Å². The molecule has 1 N–H and O–H groups in total. The van der Waals surface area contributed by atoms with E-state index in [1.807, 2.05) is 0 Å². The van der Waals surface area contributed by atoms with E-state index in [-0.39, 0.29) is 0 Å². The van der Waals surface area contributed by atoms with Gasteiger partial charge in [-0.25, -0.2) is 4.98 Å². The largest absolute Gasteiger partial charge is 0.358 e. The Bertz CT molecular complexity index is 561. The van der Waals surface area contributed by atoms with E-state index in [1.54, 1.807) is 11.3 Å². The van der Waals surface area contributed by atoms with Gasteiger partial charge < -0.3 is 5.32 Å². The summed E-state index contributed by atoms with van der Waals surface area (Å²) in [5.41, 5.74) is 2.41. The Hall–Kier alpha value is -1.09. The van der Waals surface area contributed by atoms with E-state index in [0.29, 0.717) is 6.04 Å². The molecule has 3 rings (SSSR count). The number of hydrogen-bond donors (Lipinski definition) is 1. The Morgan fingerprint density at radius 2 is 2.11 bits per heavy atom. The van der Waals surface area contributed by atoms with Crippen LogP contribution in [0.3, 0.4) is 0 Å². The lowest BCUT2D eigenvalue weighted by molar-refractivity contribution is 0.435. The summed E-state index contributed by atoms with van der Waals surface area (Å²) in [4.78, 5) is 4.70. The fourth-order valence-electron chi connectivity index (χ4n) is 2.83. The molecule has 1 aromatic carbocycles. The summed E-state index contributed by atoms with van der Waals surface area (Å²) in [7, 11) is 0. The molecule has 2 aromatic rings. The molecule has 0 radical (unpaired) electrons. The summed E-state index contributed by atoms with van der Waals surface area (Å²) in [5.74, 6) is 1.58. The van der Waals surface area contributed by atoms with E-state index >= 15 is 0 Å². The van der Waals surface area contributed by atoms with Gasteiger partial charge in [-0.1, -0.05) is 31.3 Å². The Morgan fingerprint density at radius 1 is 1.28 bits per heavy atom. The van der Waals surface area contributed by atoms with Gasteiger partial charge in [0.2, 0.25) is 0 Å². The van der Waals surface area contributed by atoms with Crippen LogP contribution in [0.2, 0.25) is 0 Å². The second-order valence-corrected chi connectivity index (χ2v) is 6.69. The summed E-state index contributed by atoms with van der Waals surface area (Å²) < 4.78 is 1.28.